The summed E-state index contributed by atoms with van der Waals surface area (Å²) in [6, 6.07) is 15.0. The Labute approximate surface area is 188 Å². The molecule has 7 heteroatoms. The van der Waals surface area contributed by atoms with E-state index in [2.05, 4.69) is 4.98 Å². The van der Waals surface area contributed by atoms with E-state index in [1.54, 1.807) is 29.2 Å². The van der Waals surface area contributed by atoms with Crippen LogP contribution in [0.15, 0.2) is 65.0 Å². The minimum atomic E-state index is -0.223. The van der Waals surface area contributed by atoms with E-state index in [9.17, 15) is 14.4 Å². The molecule has 0 N–H and O–H groups in total. The first-order valence-corrected chi connectivity index (χ1v) is 11.4. The molecule has 1 amide bonds. The van der Waals surface area contributed by atoms with E-state index in [1.165, 1.54) is 22.2 Å². The molecular weight excluding hydrogens is 422 g/mol. The fourth-order valence-corrected chi connectivity index (χ4v) is 4.93. The zero-order valence-corrected chi connectivity index (χ0v) is 18.4. The number of carbonyl (C=O) groups is 2. The first-order chi connectivity index (χ1) is 15.5. The number of Topliss-reactive ketones (excluding diaryl/α,β-unsaturated/α-hetero) is 1. The molecule has 3 heterocycles. The number of aryl methyl sites for hydroxylation is 1. The van der Waals surface area contributed by atoms with Gasteiger partial charge in [0.1, 0.15) is 4.83 Å². The highest BCUT2D eigenvalue weighted by molar-refractivity contribution is 7.17. The van der Waals surface area contributed by atoms with Crippen LogP contribution in [0.5, 0.6) is 0 Å². The normalized spacial score (nSPS) is 13.8. The fraction of sp³-hybridized carbons (Fsp3) is 0.200. The van der Waals surface area contributed by atoms with Gasteiger partial charge in [0.25, 0.3) is 5.56 Å². The monoisotopic (exact) mass is 443 g/mol. The van der Waals surface area contributed by atoms with Crippen LogP contribution in [0.2, 0.25) is 0 Å². The zero-order valence-electron chi connectivity index (χ0n) is 17.6. The van der Waals surface area contributed by atoms with Gasteiger partial charge in [-0.2, -0.15) is 0 Å². The molecule has 160 valence electrons. The minimum Gasteiger partial charge on any atom is -0.312 e. The smallest absolute Gasteiger partial charge is 0.263 e. The second-order valence-corrected chi connectivity index (χ2v) is 8.85. The van der Waals surface area contributed by atoms with Crippen LogP contribution in [0.1, 0.15) is 28.8 Å². The average Bonchev–Trinajstić information content (AvgIpc) is 3.43. The Kier molecular flexibility index (Phi) is 5.19. The molecule has 6 nitrogen and oxygen atoms in total. The van der Waals surface area contributed by atoms with E-state index in [-0.39, 0.29) is 23.8 Å². The van der Waals surface area contributed by atoms with Crippen molar-refractivity contribution >= 4 is 38.9 Å². The molecule has 1 fully saturated rings. The summed E-state index contributed by atoms with van der Waals surface area (Å²) in [5, 5.41) is 2.48. The van der Waals surface area contributed by atoms with Gasteiger partial charge in [-0.1, -0.05) is 29.8 Å². The molecule has 2 aromatic heterocycles. The fourth-order valence-electron chi connectivity index (χ4n) is 4.02. The number of benzene rings is 2. The van der Waals surface area contributed by atoms with Crippen LogP contribution in [0.4, 0.5) is 5.69 Å². The zero-order chi connectivity index (χ0) is 22.2. The number of fused-ring (bicyclic) bond motifs is 1. The number of aromatic nitrogens is 2. The summed E-state index contributed by atoms with van der Waals surface area (Å²) in [6.45, 7) is 2.63. The van der Waals surface area contributed by atoms with Crippen LogP contribution in [-0.2, 0) is 11.3 Å². The molecule has 0 bridgehead atoms. The third kappa shape index (κ3) is 3.65. The van der Waals surface area contributed by atoms with Crippen molar-refractivity contribution in [2.24, 2.45) is 0 Å². The van der Waals surface area contributed by atoms with Gasteiger partial charge < -0.3 is 4.90 Å². The molecule has 0 aliphatic carbocycles. The lowest BCUT2D eigenvalue weighted by Crippen LogP contribution is -2.25. The third-order valence-corrected chi connectivity index (χ3v) is 6.70. The van der Waals surface area contributed by atoms with Crippen molar-refractivity contribution in [3.63, 3.8) is 0 Å². The van der Waals surface area contributed by atoms with Crippen LogP contribution in [0.25, 0.3) is 21.3 Å². The number of nitrogens with zero attached hydrogens (tertiary/aromatic N) is 3. The number of thiophene rings is 1. The largest absolute Gasteiger partial charge is 0.312 e. The number of ketones is 1. The SMILES string of the molecule is Cc1ccc(-c2csc3ncn(CC(=O)c4ccc(N5CCCC5=O)cc4)c(=O)c23)cc1. The van der Waals surface area contributed by atoms with Crippen LogP contribution in [0.3, 0.4) is 0 Å². The van der Waals surface area contributed by atoms with E-state index in [0.717, 1.165) is 28.8 Å². The summed E-state index contributed by atoms with van der Waals surface area (Å²) < 4.78 is 1.37. The van der Waals surface area contributed by atoms with Crippen LogP contribution < -0.4 is 10.5 Å². The molecule has 1 aliphatic heterocycles. The topological polar surface area (TPSA) is 72.3 Å². The number of amides is 1. The van der Waals surface area contributed by atoms with Gasteiger partial charge in [-0.25, -0.2) is 4.98 Å². The quantitative estimate of drug-likeness (QED) is 0.428. The number of hydrogen-bond acceptors (Lipinski definition) is 5. The molecule has 0 saturated carbocycles. The van der Waals surface area contributed by atoms with Crippen molar-refractivity contribution in [3.8, 4) is 11.1 Å². The van der Waals surface area contributed by atoms with Gasteiger partial charge in [-0.3, -0.25) is 19.0 Å². The van der Waals surface area contributed by atoms with E-state index in [4.69, 9.17) is 0 Å². The van der Waals surface area contributed by atoms with E-state index in [1.807, 2.05) is 36.6 Å². The second-order valence-electron chi connectivity index (χ2n) is 7.99. The van der Waals surface area contributed by atoms with Gasteiger partial charge in [0.05, 0.1) is 18.3 Å². The minimum absolute atomic E-state index is 0.0903. The predicted octanol–water partition coefficient (Wildman–Crippen LogP) is 4.44. The van der Waals surface area contributed by atoms with Crippen LogP contribution in [-0.4, -0.2) is 27.8 Å². The Morgan fingerprint density at radius 2 is 1.81 bits per heavy atom. The lowest BCUT2D eigenvalue weighted by molar-refractivity contribution is -0.117. The Bertz CT molecular complexity index is 1380. The molecule has 0 atom stereocenters. The van der Waals surface area contributed by atoms with Crippen molar-refractivity contribution in [2.75, 3.05) is 11.4 Å². The number of hydrogen-bond donors (Lipinski definition) is 0. The van der Waals surface area contributed by atoms with Crippen molar-refractivity contribution in [1.29, 1.82) is 0 Å². The van der Waals surface area contributed by atoms with E-state index in [0.29, 0.717) is 28.7 Å². The summed E-state index contributed by atoms with van der Waals surface area (Å²) in [7, 11) is 0. The third-order valence-electron chi connectivity index (χ3n) is 5.81. The molecule has 5 rings (SSSR count). The Morgan fingerprint density at radius 1 is 1.06 bits per heavy atom. The molecule has 32 heavy (non-hydrogen) atoms. The summed E-state index contributed by atoms with van der Waals surface area (Å²) in [4.78, 5) is 44.8. The Morgan fingerprint density at radius 3 is 2.50 bits per heavy atom. The van der Waals surface area contributed by atoms with Crippen LogP contribution in [0, 0.1) is 6.92 Å². The maximum absolute atomic E-state index is 13.2. The Hall–Kier alpha value is -3.58. The van der Waals surface area contributed by atoms with Crippen molar-refractivity contribution < 1.29 is 9.59 Å². The molecule has 1 saturated heterocycles. The first kappa shape index (κ1) is 20.3. The molecule has 2 aromatic carbocycles. The van der Waals surface area contributed by atoms with E-state index < -0.39 is 0 Å². The van der Waals surface area contributed by atoms with Crippen molar-refractivity contribution in [2.45, 2.75) is 26.3 Å². The standard InChI is InChI=1S/C25H21N3O3S/c1-16-4-6-17(7-5-16)20-14-32-24-23(20)25(31)27(15-26-24)13-21(29)18-8-10-19(11-9-18)28-12-2-3-22(28)30/h4-11,14-15H,2-3,12-13H2,1H3. The second kappa shape index (κ2) is 8.16. The summed E-state index contributed by atoms with van der Waals surface area (Å²) >= 11 is 1.42. The molecular formula is C25H21N3O3S. The van der Waals surface area contributed by atoms with E-state index >= 15 is 0 Å². The van der Waals surface area contributed by atoms with Gasteiger partial charge in [0.15, 0.2) is 5.78 Å². The highest BCUT2D eigenvalue weighted by atomic mass is 32.1. The van der Waals surface area contributed by atoms with Crippen molar-refractivity contribution in [3.05, 3.63) is 81.7 Å². The summed E-state index contributed by atoms with van der Waals surface area (Å²) in [5.41, 5.74) is 4.01. The van der Waals surface area contributed by atoms with Crippen molar-refractivity contribution in [1.82, 2.24) is 9.55 Å². The van der Waals surface area contributed by atoms with Crippen LogP contribution >= 0.6 is 11.3 Å². The lowest BCUT2D eigenvalue weighted by atomic mass is 10.0. The first-order valence-electron chi connectivity index (χ1n) is 10.5. The molecule has 0 radical (unpaired) electrons. The number of rotatable bonds is 5. The maximum Gasteiger partial charge on any atom is 0.263 e. The average molecular weight is 444 g/mol. The lowest BCUT2D eigenvalue weighted by Gasteiger charge is -2.15. The summed E-state index contributed by atoms with van der Waals surface area (Å²) in [5.74, 6) is -0.0742. The Balaban J connectivity index is 1.42. The molecule has 1 aliphatic rings. The highest BCUT2D eigenvalue weighted by Crippen LogP contribution is 2.30. The van der Waals surface area contributed by atoms with Gasteiger partial charge in [0, 0.05) is 35.2 Å². The van der Waals surface area contributed by atoms with Gasteiger partial charge in [0.2, 0.25) is 5.91 Å². The molecule has 0 spiro atoms. The molecule has 0 unspecified atom stereocenters. The van der Waals surface area contributed by atoms with Gasteiger partial charge in [-0.05, 0) is 43.2 Å². The predicted molar refractivity (Wildman–Crippen MR) is 126 cm³/mol. The number of anilines is 1. The maximum atomic E-state index is 13.2. The highest BCUT2D eigenvalue weighted by Gasteiger charge is 2.22. The summed E-state index contributed by atoms with van der Waals surface area (Å²) in [6.07, 6.45) is 2.85. The molecule has 4 aromatic rings. The number of carbonyl (C=O) groups excluding carboxylic acids is 2. The van der Waals surface area contributed by atoms with Gasteiger partial charge in [-0.15, -0.1) is 11.3 Å². The van der Waals surface area contributed by atoms with Gasteiger partial charge >= 0.3 is 0 Å².